The maximum absolute atomic E-state index is 13.0. The quantitative estimate of drug-likeness (QED) is 0.863. The molecule has 2 aromatic rings. The molecule has 0 spiro atoms. The van der Waals surface area contributed by atoms with Crippen molar-refractivity contribution < 1.29 is 4.39 Å². The van der Waals surface area contributed by atoms with Gasteiger partial charge in [-0.2, -0.15) is 0 Å². The van der Waals surface area contributed by atoms with Crippen molar-refractivity contribution in [2.24, 2.45) is 0 Å². The predicted molar refractivity (Wildman–Crippen MR) is 76.2 cm³/mol. The molecule has 5 heteroatoms. The van der Waals surface area contributed by atoms with Gasteiger partial charge in [-0.25, -0.2) is 4.39 Å². The number of nitrogens with one attached hydrogen (secondary N) is 1. The molecule has 0 aliphatic carbocycles. The normalized spacial score (nSPS) is 12.7. The SMILES string of the molecule is CNC(Cc1ccc(Cl)s1)c1ccc(F)cc1Cl. The van der Waals surface area contributed by atoms with Crippen LogP contribution in [0.5, 0.6) is 0 Å². The van der Waals surface area contributed by atoms with Gasteiger partial charge in [-0.05, 0) is 36.9 Å². The van der Waals surface area contributed by atoms with Crippen molar-refractivity contribution in [1.29, 1.82) is 0 Å². The largest absolute Gasteiger partial charge is 0.313 e. The number of benzene rings is 1. The molecule has 0 radical (unpaired) electrons. The summed E-state index contributed by atoms with van der Waals surface area (Å²) in [6, 6.07) is 8.40. The Balaban J connectivity index is 2.22. The van der Waals surface area contributed by atoms with Gasteiger partial charge in [0.1, 0.15) is 5.82 Å². The summed E-state index contributed by atoms with van der Waals surface area (Å²) in [7, 11) is 1.86. The van der Waals surface area contributed by atoms with E-state index in [0.717, 1.165) is 16.3 Å². The molecular formula is C13H12Cl2FNS. The van der Waals surface area contributed by atoms with E-state index in [9.17, 15) is 4.39 Å². The molecule has 18 heavy (non-hydrogen) atoms. The van der Waals surface area contributed by atoms with E-state index in [0.29, 0.717) is 5.02 Å². The number of rotatable bonds is 4. The van der Waals surface area contributed by atoms with Crippen LogP contribution in [-0.4, -0.2) is 7.05 Å². The highest BCUT2D eigenvalue weighted by molar-refractivity contribution is 7.16. The van der Waals surface area contributed by atoms with E-state index in [1.807, 2.05) is 19.2 Å². The third-order valence-electron chi connectivity index (χ3n) is 2.72. The lowest BCUT2D eigenvalue weighted by atomic mass is 10.0. The van der Waals surface area contributed by atoms with Gasteiger partial charge in [0.25, 0.3) is 0 Å². The molecule has 0 bridgehead atoms. The second-order valence-corrected chi connectivity index (χ2v) is 6.12. The van der Waals surface area contributed by atoms with E-state index >= 15 is 0 Å². The van der Waals surface area contributed by atoms with E-state index in [4.69, 9.17) is 23.2 Å². The molecule has 0 fully saturated rings. The number of hydrogen-bond acceptors (Lipinski definition) is 2. The van der Waals surface area contributed by atoms with Crippen LogP contribution in [0.4, 0.5) is 4.39 Å². The van der Waals surface area contributed by atoms with E-state index < -0.39 is 0 Å². The lowest BCUT2D eigenvalue weighted by Crippen LogP contribution is -2.18. The van der Waals surface area contributed by atoms with Gasteiger partial charge in [0, 0.05) is 22.4 Å². The first-order chi connectivity index (χ1) is 8.60. The Hall–Kier alpha value is -0.610. The van der Waals surface area contributed by atoms with Crippen LogP contribution in [0.1, 0.15) is 16.5 Å². The Morgan fingerprint density at radius 2 is 2.06 bits per heavy atom. The molecular weight excluding hydrogens is 292 g/mol. The third kappa shape index (κ3) is 3.23. The summed E-state index contributed by atoms with van der Waals surface area (Å²) in [5, 5.41) is 3.63. The zero-order valence-corrected chi connectivity index (χ0v) is 12.0. The fourth-order valence-corrected chi connectivity index (χ4v) is 3.25. The summed E-state index contributed by atoms with van der Waals surface area (Å²) >= 11 is 13.5. The molecule has 2 rings (SSSR count). The van der Waals surface area contributed by atoms with Crippen LogP contribution < -0.4 is 5.32 Å². The van der Waals surface area contributed by atoms with Crippen LogP contribution in [-0.2, 0) is 6.42 Å². The Labute approximate surface area is 120 Å². The van der Waals surface area contributed by atoms with Crippen molar-refractivity contribution in [3.05, 3.63) is 55.9 Å². The lowest BCUT2D eigenvalue weighted by molar-refractivity contribution is 0.590. The summed E-state index contributed by atoms with van der Waals surface area (Å²) in [5.41, 5.74) is 0.894. The standard InChI is InChI=1S/C13H12Cl2FNS/c1-17-12(7-9-3-5-13(15)18-9)10-4-2-8(16)6-11(10)14/h2-6,12,17H,7H2,1H3. The molecule has 1 aromatic carbocycles. The van der Waals surface area contributed by atoms with Crippen LogP contribution in [0.3, 0.4) is 0 Å². The highest BCUT2D eigenvalue weighted by Crippen LogP contribution is 2.30. The fraction of sp³-hybridized carbons (Fsp3) is 0.231. The first-order valence-electron chi connectivity index (χ1n) is 5.46. The minimum Gasteiger partial charge on any atom is -0.313 e. The summed E-state index contributed by atoms with van der Waals surface area (Å²) in [5.74, 6) is -0.322. The van der Waals surface area contributed by atoms with Crippen molar-refractivity contribution in [1.82, 2.24) is 5.32 Å². The third-order valence-corrected chi connectivity index (χ3v) is 4.30. The van der Waals surface area contributed by atoms with Gasteiger partial charge in [-0.15, -0.1) is 11.3 Å². The molecule has 1 nitrogen and oxygen atoms in total. The van der Waals surface area contributed by atoms with Crippen molar-refractivity contribution in [3.8, 4) is 0 Å². The van der Waals surface area contributed by atoms with Crippen LogP contribution in [0, 0.1) is 5.82 Å². The molecule has 1 aromatic heterocycles. The van der Waals surface area contributed by atoms with E-state index in [2.05, 4.69) is 5.32 Å². The molecule has 0 aliphatic rings. The minimum absolute atomic E-state index is 0.0489. The predicted octanol–water partition coefficient (Wildman–Crippen LogP) is 4.70. The van der Waals surface area contributed by atoms with Gasteiger partial charge in [-0.3, -0.25) is 0 Å². The number of halogens is 3. The number of hydrogen-bond donors (Lipinski definition) is 1. The molecule has 1 heterocycles. The van der Waals surface area contributed by atoms with Crippen molar-refractivity contribution in [2.75, 3.05) is 7.05 Å². The van der Waals surface area contributed by atoms with E-state index in [-0.39, 0.29) is 11.9 Å². The summed E-state index contributed by atoms with van der Waals surface area (Å²) in [6.45, 7) is 0. The summed E-state index contributed by atoms with van der Waals surface area (Å²) in [6.07, 6.45) is 0.777. The average Bonchev–Trinajstić information content (AvgIpc) is 2.72. The highest BCUT2D eigenvalue weighted by atomic mass is 35.5. The van der Waals surface area contributed by atoms with Crippen LogP contribution >= 0.6 is 34.5 Å². The van der Waals surface area contributed by atoms with Crippen molar-refractivity contribution in [3.63, 3.8) is 0 Å². The number of likely N-dealkylation sites (N-methyl/N-ethyl adjacent to an activating group) is 1. The smallest absolute Gasteiger partial charge is 0.124 e. The first-order valence-corrected chi connectivity index (χ1v) is 7.04. The van der Waals surface area contributed by atoms with Gasteiger partial charge in [0.05, 0.1) is 4.34 Å². The Bertz CT molecular complexity index is 542. The second-order valence-electron chi connectivity index (χ2n) is 3.92. The molecule has 1 unspecified atom stereocenters. The average molecular weight is 304 g/mol. The Kier molecular flexibility index (Phi) is 4.62. The monoisotopic (exact) mass is 303 g/mol. The van der Waals surface area contributed by atoms with Gasteiger partial charge >= 0.3 is 0 Å². The zero-order valence-electron chi connectivity index (χ0n) is 9.71. The molecule has 0 aliphatic heterocycles. The molecule has 0 saturated carbocycles. The van der Waals surface area contributed by atoms with Gasteiger partial charge in [0.15, 0.2) is 0 Å². The highest BCUT2D eigenvalue weighted by Gasteiger charge is 2.15. The molecule has 0 saturated heterocycles. The van der Waals surface area contributed by atoms with Crippen molar-refractivity contribution >= 4 is 34.5 Å². The second kappa shape index (κ2) is 6.02. The van der Waals surface area contributed by atoms with E-state index in [1.54, 1.807) is 17.4 Å². The van der Waals surface area contributed by atoms with Gasteiger partial charge < -0.3 is 5.32 Å². The van der Waals surface area contributed by atoms with Crippen LogP contribution in [0.2, 0.25) is 9.36 Å². The first kappa shape index (κ1) is 13.8. The van der Waals surface area contributed by atoms with Crippen molar-refractivity contribution in [2.45, 2.75) is 12.5 Å². The Morgan fingerprint density at radius 3 is 2.61 bits per heavy atom. The topological polar surface area (TPSA) is 12.0 Å². The molecule has 1 N–H and O–H groups in total. The summed E-state index contributed by atoms with van der Waals surface area (Å²) in [4.78, 5) is 1.17. The maximum Gasteiger partial charge on any atom is 0.124 e. The van der Waals surface area contributed by atoms with Gasteiger partial charge in [0.2, 0.25) is 0 Å². The van der Waals surface area contributed by atoms with Gasteiger partial charge in [-0.1, -0.05) is 29.3 Å². The Morgan fingerprint density at radius 1 is 1.28 bits per heavy atom. The van der Waals surface area contributed by atoms with Crippen LogP contribution in [0.25, 0.3) is 0 Å². The fourth-order valence-electron chi connectivity index (χ4n) is 1.81. The minimum atomic E-state index is -0.322. The molecule has 1 atom stereocenters. The lowest BCUT2D eigenvalue weighted by Gasteiger charge is -2.17. The van der Waals surface area contributed by atoms with Crippen LogP contribution in [0.15, 0.2) is 30.3 Å². The van der Waals surface area contributed by atoms with E-state index in [1.165, 1.54) is 17.0 Å². The number of thiophene rings is 1. The molecule has 0 amide bonds. The zero-order chi connectivity index (χ0) is 13.1. The summed E-state index contributed by atoms with van der Waals surface area (Å²) < 4.78 is 13.8. The maximum atomic E-state index is 13.0. The molecule has 96 valence electrons.